The van der Waals surface area contributed by atoms with Gasteiger partial charge in [-0.05, 0) is 26.7 Å². The molecule has 7 nitrogen and oxygen atoms in total. The minimum atomic E-state index is -3.32. The molecule has 0 saturated carbocycles. The molecule has 21 heavy (non-hydrogen) atoms. The highest BCUT2D eigenvalue weighted by Gasteiger charge is 2.34. The second kappa shape index (κ2) is 6.64. The van der Waals surface area contributed by atoms with Gasteiger partial charge in [0.05, 0.1) is 4.75 Å². The molecular weight excluding hydrogens is 296 g/mol. The molecule has 0 aromatic rings. The molecule has 8 heteroatoms. The normalized spacial score (nSPS) is 20.7. The molecule has 122 valence electrons. The number of carboxylic acids is 1. The van der Waals surface area contributed by atoms with E-state index in [1.54, 1.807) is 0 Å². The second-order valence-corrected chi connectivity index (χ2v) is 8.74. The van der Waals surface area contributed by atoms with Crippen LogP contribution in [-0.2, 0) is 14.6 Å². The number of amides is 2. The third-order valence-corrected chi connectivity index (χ3v) is 6.12. The first-order chi connectivity index (χ1) is 9.56. The minimum Gasteiger partial charge on any atom is -0.480 e. The summed E-state index contributed by atoms with van der Waals surface area (Å²) in [6.07, 6.45) is 3.97. The first-order valence-electron chi connectivity index (χ1n) is 7.03. The van der Waals surface area contributed by atoms with Gasteiger partial charge in [-0.25, -0.2) is 18.0 Å². The van der Waals surface area contributed by atoms with E-state index in [2.05, 4.69) is 5.32 Å². The Bertz CT molecular complexity index is 501. The molecule has 0 bridgehead atoms. The monoisotopic (exact) mass is 320 g/mol. The molecule has 1 heterocycles. The highest BCUT2D eigenvalue weighted by molar-refractivity contribution is 7.92. The molecule has 1 aliphatic heterocycles. The van der Waals surface area contributed by atoms with Crippen molar-refractivity contribution < 1.29 is 23.1 Å². The molecule has 1 fully saturated rings. The largest absolute Gasteiger partial charge is 0.480 e. The van der Waals surface area contributed by atoms with Crippen molar-refractivity contribution in [2.24, 2.45) is 0 Å². The highest BCUT2D eigenvalue weighted by atomic mass is 32.2. The van der Waals surface area contributed by atoms with Crippen LogP contribution in [0.5, 0.6) is 0 Å². The van der Waals surface area contributed by atoms with Crippen LogP contribution in [0.25, 0.3) is 0 Å². The van der Waals surface area contributed by atoms with E-state index in [1.165, 1.54) is 18.7 Å². The van der Waals surface area contributed by atoms with Gasteiger partial charge in [0.2, 0.25) is 0 Å². The number of carbonyl (C=O) groups is 2. The Labute approximate surface area is 125 Å². The van der Waals surface area contributed by atoms with Crippen molar-refractivity contribution in [2.45, 2.75) is 50.3 Å². The standard InChI is InChI=1S/C13H24N2O5S/c1-13(2,21(3,19)20)9-14-12(18)15-8-6-4-5-7-10(15)11(16)17/h10H,4-9H2,1-3H3,(H,14,18)(H,16,17). The quantitative estimate of drug-likeness (QED) is 0.799. The van der Waals surface area contributed by atoms with Gasteiger partial charge in [0.1, 0.15) is 6.04 Å². The van der Waals surface area contributed by atoms with Crippen molar-refractivity contribution in [1.29, 1.82) is 0 Å². The van der Waals surface area contributed by atoms with E-state index in [1.807, 2.05) is 0 Å². The molecule has 1 atom stereocenters. The lowest BCUT2D eigenvalue weighted by atomic mass is 10.1. The second-order valence-electron chi connectivity index (χ2n) is 6.09. The number of hydrogen-bond acceptors (Lipinski definition) is 4. The lowest BCUT2D eigenvalue weighted by molar-refractivity contribution is -0.142. The first-order valence-corrected chi connectivity index (χ1v) is 8.92. The van der Waals surface area contributed by atoms with Crippen LogP contribution >= 0.6 is 0 Å². The van der Waals surface area contributed by atoms with E-state index in [4.69, 9.17) is 0 Å². The van der Waals surface area contributed by atoms with E-state index < -0.39 is 32.6 Å². The molecule has 0 aromatic carbocycles. The van der Waals surface area contributed by atoms with Gasteiger partial charge in [0.15, 0.2) is 9.84 Å². The van der Waals surface area contributed by atoms with Crippen molar-refractivity contribution in [2.75, 3.05) is 19.3 Å². The van der Waals surface area contributed by atoms with Gasteiger partial charge in [-0.1, -0.05) is 12.8 Å². The lowest BCUT2D eigenvalue weighted by Gasteiger charge is -2.29. The number of aliphatic carboxylic acids is 1. The summed E-state index contributed by atoms with van der Waals surface area (Å²) in [5.41, 5.74) is 0. The van der Waals surface area contributed by atoms with Gasteiger partial charge < -0.3 is 15.3 Å². The Balaban J connectivity index is 2.75. The van der Waals surface area contributed by atoms with Crippen molar-refractivity contribution in [3.05, 3.63) is 0 Å². The Kier molecular flexibility index (Phi) is 5.61. The maximum Gasteiger partial charge on any atom is 0.326 e. The number of nitrogens with zero attached hydrogens (tertiary/aromatic N) is 1. The van der Waals surface area contributed by atoms with E-state index in [-0.39, 0.29) is 6.54 Å². The van der Waals surface area contributed by atoms with E-state index in [9.17, 15) is 23.1 Å². The molecule has 2 N–H and O–H groups in total. The van der Waals surface area contributed by atoms with Crippen LogP contribution in [-0.4, -0.2) is 60.6 Å². The van der Waals surface area contributed by atoms with Gasteiger partial charge >= 0.3 is 12.0 Å². The van der Waals surface area contributed by atoms with Gasteiger partial charge in [0.25, 0.3) is 0 Å². The zero-order valence-electron chi connectivity index (χ0n) is 12.8. The van der Waals surface area contributed by atoms with Crippen molar-refractivity contribution in [1.82, 2.24) is 10.2 Å². The van der Waals surface area contributed by atoms with E-state index in [0.717, 1.165) is 25.5 Å². The molecular formula is C13H24N2O5S. The molecule has 2 amide bonds. The van der Waals surface area contributed by atoms with E-state index in [0.29, 0.717) is 13.0 Å². The van der Waals surface area contributed by atoms with Crippen LogP contribution in [0.3, 0.4) is 0 Å². The summed E-state index contributed by atoms with van der Waals surface area (Å²) in [5, 5.41) is 11.8. The predicted molar refractivity (Wildman–Crippen MR) is 78.9 cm³/mol. The molecule has 1 unspecified atom stereocenters. The summed E-state index contributed by atoms with van der Waals surface area (Å²) < 4.78 is 22.1. The summed E-state index contributed by atoms with van der Waals surface area (Å²) in [7, 11) is -3.32. The number of carbonyl (C=O) groups excluding carboxylic acids is 1. The molecule has 1 rings (SSSR count). The molecule has 0 radical (unpaired) electrons. The van der Waals surface area contributed by atoms with Crippen LogP contribution in [0.4, 0.5) is 4.79 Å². The average molecular weight is 320 g/mol. The minimum absolute atomic E-state index is 0.0481. The molecule has 0 aromatic heterocycles. The third-order valence-electron chi connectivity index (χ3n) is 3.97. The fraction of sp³-hybridized carbons (Fsp3) is 0.846. The fourth-order valence-corrected chi connectivity index (χ4v) is 2.46. The van der Waals surface area contributed by atoms with Crippen molar-refractivity contribution >= 4 is 21.8 Å². The number of carboxylic acid groups (broad SMARTS) is 1. The van der Waals surface area contributed by atoms with Gasteiger partial charge in [-0.15, -0.1) is 0 Å². The van der Waals surface area contributed by atoms with Crippen LogP contribution in [0, 0.1) is 0 Å². The van der Waals surface area contributed by atoms with Crippen LogP contribution < -0.4 is 5.32 Å². The molecule has 0 aliphatic carbocycles. The number of likely N-dealkylation sites (tertiary alicyclic amines) is 1. The number of hydrogen-bond donors (Lipinski definition) is 2. The van der Waals surface area contributed by atoms with Crippen LogP contribution in [0.2, 0.25) is 0 Å². The van der Waals surface area contributed by atoms with Crippen molar-refractivity contribution in [3.8, 4) is 0 Å². The van der Waals surface area contributed by atoms with E-state index >= 15 is 0 Å². The Morgan fingerprint density at radius 1 is 1.29 bits per heavy atom. The van der Waals surface area contributed by atoms with Gasteiger partial charge in [-0.2, -0.15) is 0 Å². The van der Waals surface area contributed by atoms with Gasteiger partial charge in [0, 0.05) is 19.3 Å². The SMILES string of the molecule is CC(C)(CNC(=O)N1CCCCCC1C(=O)O)S(C)(=O)=O. The number of urea groups is 1. The van der Waals surface area contributed by atoms with Crippen LogP contribution in [0.15, 0.2) is 0 Å². The Morgan fingerprint density at radius 2 is 1.90 bits per heavy atom. The highest BCUT2D eigenvalue weighted by Crippen LogP contribution is 2.18. The topological polar surface area (TPSA) is 104 Å². The first kappa shape index (κ1) is 17.7. The summed E-state index contributed by atoms with van der Waals surface area (Å²) >= 11 is 0. The Morgan fingerprint density at radius 3 is 2.43 bits per heavy atom. The molecule has 1 aliphatic rings. The zero-order chi connectivity index (χ0) is 16.3. The number of nitrogens with one attached hydrogen (secondary N) is 1. The summed E-state index contributed by atoms with van der Waals surface area (Å²) in [6, 6.07) is -1.35. The molecule has 0 spiro atoms. The smallest absolute Gasteiger partial charge is 0.326 e. The maximum atomic E-state index is 12.2. The number of rotatable bonds is 4. The number of sulfone groups is 1. The molecule has 1 saturated heterocycles. The summed E-state index contributed by atoms with van der Waals surface area (Å²) in [4.78, 5) is 24.8. The predicted octanol–water partition coefficient (Wildman–Crippen LogP) is 0.848. The third kappa shape index (κ3) is 4.59. The summed E-state index contributed by atoms with van der Waals surface area (Å²) in [6.45, 7) is 3.38. The fourth-order valence-electron chi connectivity index (χ4n) is 2.13. The van der Waals surface area contributed by atoms with Crippen LogP contribution in [0.1, 0.15) is 39.5 Å². The maximum absolute atomic E-state index is 12.2. The Hall–Kier alpha value is -1.31. The zero-order valence-corrected chi connectivity index (χ0v) is 13.6. The average Bonchev–Trinajstić information content (AvgIpc) is 2.60. The summed E-state index contributed by atoms with van der Waals surface area (Å²) in [5.74, 6) is -1.02. The lowest BCUT2D eigenvalue weighted by Crippen LogP contribution is -2.52. The van der Waals surface area contributed by atoms with Crippen molar-refractivity contribution in [3.63, 3.8) is 0 Å². The van der Waals surface area contributed by atoms with Gasteiger partial charge in [-0.3, -0.25) is 0 Å².